The monoisotopic (exact) mass is 393 g/mol. The van der Waals surface area contributed by atoms with Gasteiger partial charge >= 0.3 is 6.18 Å². The summed E-state index contributed by atoms with van der Waals surface area (Å²) in [6.07, 6.45) is -4.61. The molecule has 22 heavy (non-hydrogen) atoms. The number of rotatable bonds is 4. The summed E-state index contributed by atoms with van der Waals surface area (Å²) in [5.74, 6) is -0.754. The van der Waals surface area contributed by atoms with Gasteiger partial charge in [0.1, 0.15) is 4.90 Å². The quantitative estimate of drug-likeness (QED) is 0.682. The molecule has 0 amide bonds. The zero-order chi connectivity index (χ0) is 16.5. The molecular formula is C10H11ClF3N3O2S3. The number of benzene rings is 1. The maximum absolute atomic E-state index is 12.1. The Morgan fingerprint density at radius 3 is 2.68 bits per heavy atom. The molecule has 1 aromatic carbocycles. The van der Waals surface area contributed by atoms with Crippen LogP contribution < -0.4 is 15.2 Å². The summed E-state index contributed by atoms with van der Waals surface area (Å²) in [6.45, 7) is 0. The lowest BCUT2D eigenvalue weighted by atomic mass is 10.3. The molecule has 0 spiro atoms. The minimum absolute atomic E-state index is 0.0436. The Hall–Kier alpha value is -0.330. The van der Waals surface area contributed by atoms with Crippen LogP contribution in [0.25, 0.3) is 0 Å². The summed E-state index contributed by atoms with van der Waals surface area (Å²) >= 11 is 7.72. The fraction of sp³-hybridized carbons (Fsp3) is 0.400. The largest absolute Gasteiger partial charge is 0.397 e. The van der Waals surface area contributed by atoms with E-state index in [0.717, 1.165) is 23.7 Å². The number of nitrogens with two attached hydrogens (primary N) is 1. The lowest BCUT2D eigenvalue weighted by Gasteiger charge is -2.28. The highest BCUT2D eigenvalue weighted by molar-refractivity contribution is 7.99. The van der Waals surface area contributed by atoms with Crippen molar-refractivity contribution in [1.29, 1.82) is 0 Å². The first-order valence-electron chi connectivity index (χ1n) is 5.76. The predicted molar refractivity (Wildman–Crippen MR) is 82.6 cm³/mol. The minimum atomic E-state index is -4.21. The molecule has 1 atom stereocenters. The zero-order valence-corrected chi connectivity index (χ0v) is 14.0. The van der Waals surface area contributed by atoms with E-state index < -0.39 is 28.1 Å². The first kappa shape index (κ1) is 18.0. The minimum Gasteiger partial charge on any atom is -0.367 e. The molecule has 124 valence electrons. The Kier molecular flexibility index (Phi) is 5.45. The number of sulfonamides is 1. The lowest BCUT2D eigenvalue weighted by molar-refractivity contribution is -0.105. The van der Waals surface area contributed by atoms with Gasteiger partial charge in [0.25, 0.3) is 0 Å². The van der Waals surface area contributed by atoms with Crippen molar-refractivity contribution in [3.8, 4) is 0 Å². The van der Waals surface area contributed by atoms with Crippen LogP contribution in [0.4, 0.5) is 18.9 Å². The van der Waals surface area contributed by atoms with Crippen molar-refractivity contribution >= 4 is 51.0 Å². The molecule has 1 aliphatic rings. The number of fused-ring (bicyclic) bond motifs is 1. The molecule has 0 radical (unpaired) electrons. The number of hydrogen-bond acceptors (Lipinski definition) is 6. The standard InChI is InChI=1S/C10H11ClF3N3O2S3/c11-5-1-6-7(2-8(5)22(15,18)19)21-17-9(16-6)3-20-4-10(12,13)14/h1-2,9,16-17H,3-4H2,(H2,15,18,19). The molecule has 12 heteroatoms. The van der Waals surface area contributed by atoms with E-state index in [1.165, 1.54) is 12.1 Å². The van der Waals surface area contributed by atoms with Crippen LogP contribution >= 0.6 is 35.3 Å². The molecule has 0 fully saturated rings. The van der Waals surface area contributed by atoms with Crippen LogP contribution in [0.5, 0.6) is 0 Å². The Balaban J connectivity index is 2.07. The lowest BCUT2D eigenvalue weighted by Crippen LogP contribution is -2.37. The van der Waals surface area contributed by atoms with Crippen LogP contribution in [-0.4, -0.2) is 32.3 Å². The number of nitrogens with one attached hydrogen (secondary N) is 2. The average Bonchev–Trinajstić information content (AvgIpc) is 2.34. The van der Waals surface area contributed by atoms with Gasteiger partial charge in [-0.3, -0.25) is 0 Å². The van der Waals surface area contributed by atoms with Crippen LogP contribution in [0.3, 0.4) is 0 Å². The van der Waals surface area contributed by atoms with E-state index >= 15 is 0 Å². The third-order valence-electron chi connectivity index (χ3n) is 2.53. The zero-order valence-electron chi connectivity index (χ0n) is 10.8. The molecule has 1 aliphatic heterocycles. The Morgan fingerprint density at radius 1 is 1.41 bits per heavy atom. The van der Waals surface area contributed by atoms with Gasteiger partial charge in [-0.2, -0.15) is 13.2 Å². The first-order valence-corrected chi connectivity index (χ1v) is 9.65. The van der Waals surface area contributed by atoms with Crippen molar-refractivity contribution in [2.45, 2.75) is 22.1 Å². The van der Waals surface area contributed by atoms with Gasteiger partial charge in [0, 0.05) is 10.6 Å². The van der Waals surface area contributed by atoms with E-state index in [2.05, 4.69) is 10.0 Å². The van der Waals surface area contributed by atoms with Crippen LogP contribution in [0.15, 0.2) is 21.9 Å². The highest BCUT2D eigenvalue weighted by Gasteiger charge is 2.28. The van der Waals surface area contributed by atoms with Crippen LogP contribution in [0.1, 0.15) is 0 Å². The van der Waals surface area contributed by atoms with E-state index in [0.29, 0.717) is 10.6 Å². The van der Waals surface area contributed by atoms with Crippen molar-refractivity contribution in [3.05, 3.63) is 17.2 Å². The highest BCUT2D eigenvalue weighted by Crippen LogP contribution is 2.36. The summed E-state index contributed by atoms with van der Waals surface area (Å²) in [5.41, 5.74) is 0.541. The molecule has 0 bridgehead atoms. The molecule has 4 N–H and O–H groups in total. The molecule has 1 unspecified atom stereocenters. The molecule has 0 saturated heterocycles. The SMILES string of the molecule is NS(=O)(=O)c1cc2c(cc1Cl)NC(CSCC(F)(F)F)NS2. The van der Waals surface area contributed by atoms with Crippen molar-refractivity contribution < 1.29 is 21.6 Å². The van der Waals surface area contributed by atoms with E-state index in [-0.39, 0.29) is 15.7 Å². The smallest absolute Gasteiger partial charge is 0.367 e. The summed E-state index contributed by atoms with van der Waals surface area (Å²) in [7, 11) is -3.94. The molecule has 1 heterocycles. The number of primary sulfonamides is 1. The Bertz CT molecular complexity index is 669. The molecule has 1 aromatic rings. The van der Waals surface area contributed by atoms with Gasteiger partial charge in [-0.05, 0) is 24.1 Å². The number of thioether (sulfide) groups is 1. The van der Waals surface area contributed by atoms with Gasteiger partial charge in [-0.15, -0.1) is 11.8 Å². The van der Waals surface area contributed by atoms with E-state index in [4.69, 9.17) is 16.7 Å². The average molecular weight is 394 g/mol. The maximum Gasteiger partial charge on any atom is 0.397 e. The molecular weight excluding hydrogens is 383 g/mol. The first-order chi connectivity index (χ1) is 10.1. The van der Waals surface area contributed by atoms with Gasteiger partial charge in [0.15, 0.2) is 0 Å². The van der Waals surface area contributed by atoms with Gasteiger partial charge < -0.3 is 5.32 Å². The van der Waals surface area contributed by atoms with Crippen LogP contribution in [0, 0.1) is 0 Å². The fourth-order valence-electron chi connectivity index (χ4n) is 1.67. The maximum atomic E-state index is 12.1. The van der Waals surface area contributed by atoms with Gasteiger partial charge in [0.2, 0.25) is 10.0 Å². The summed E-state index contributed by atoms with van der Waals surface area (Å²) < 4.78 is 62.0. The Labute approximate surface area is 138 Å². The molecule has 5 nitrogen and oxygen atoms in total. The molecule has 0 saturated carbocycles. The summed E-state index contributed by atoms with van der Waals surface area (Å²) in [6, 6.07) is 2.71. The van der Waals surface area contributed by atoms with Crippen molar-refractivity contribution in [1.82, 2.24) is 4.72 Å². The third-order valence-corrected chi connectivity index (χ3v) is 5.97. The number of anilines is 1. The summed E-state index contributed by atoms with van der Waals surface area (Å²) in [4.78, 5) is 0.347. The fourth-order valence-corrected chi connectivity index (χ4v) is 4.52. The number of halogens is 4. The summed E-state index contributed by atoms with van der Waals surface area (Å²) in [5, 5.41) is 7.97. The second-order valence-electron chi connectivity index (χ2n) is 4.37. The van der Waals surface area contributed by atoms with Crippen LogP contribution in [-0.2, 0) is 10.0 Å². The van der Waals surface area contributed by atoms with Gasteiger partial charge in [0.05, 0.1) is 22.6 Å². The van der Waals surface area contributed by atoms with Gasteiger partial charge in [-0.1, -0.05) is 11.6 Å². The van der Waals surface area contributed by atoms with E-state index in [9.17, 15) is 21.6 Å². The predicted octanol–water partition coefficient (Wildman–Crippen LogP) is 2.63. The third kappa shape index (κ3) is 4.83. The molecule has 2 rings (SSSR count). The normalized spacial score (nSPS) is 18.7. The van der Waals surface area contributed by atoms with E-state index in [1.807, 2.05) is 0 Å². The van der Waals surface area contributed by atoms with Crippen molar-refractivity contribution in [2.75, 3.05) is 16.8 Å². The second kappa shape index (κ2) is 6.65. The van der Waals surface area contributed by atoms with Gasteiger partial charge in [-0.25, -0.2) is 18.3 Å². The molecule has 0 aromatic heterocycles. The number of hydrogen-bond donors (Lipinski definition) is 3. The van der Waals surface area contributed by atoms with Crippen molar-refractivity contribution in [3.63, 3.8) is 0 Å². The number of alkyl halides is 3. The molecule has 0 aliphatic carbocycles. The topological polar surface area (TPSA) is 84.2 Å². The van der Waals surface area contributed by atoms with Crippen LogP contribution in [0.2, 0.25) is 5.02 Å². The second-order valence-corrected chi connectivity index (χ2v) is 8.22. The van der Waals surface area contributed by atoms with Crippen molar-refractivity contribution in [2.24, 2.45) is 5.14 Å². The Morgan fingerprint density at radius 2 is 2.09 bits per heavy atom. The van der Waals surface area contributed by atoms with E-state index in [1.54, 1.807) is 0 Å². The highest BCUT2D eigenvalue weighted by atomic mass is 35.5.